The molecule has 0 bridgehead atoms. The third-order valence-corrected chi connectivity index (χ3v) is 4.98. The van der Waals surface area contributed by atoms with Crippen molar-refractivity contribution in [1.82, 2.24) is 10.2 Å². The number of aryl methyl sites for hydroxylation is 1. The average Bonchev–Trinajstić information content (AvgIpc) is 2.65. The number of rotatable bonds is 8. The van der Waals surface area contributed by atoms with Gasteiger partial charge in [-0.15, -0.1) is 0 Å². The van der Waals surface area contributed by atoms with E-state index in [0.29, 0.717) is 19.4 Å². The first-order chi connectivity index (χ1) is 11.9. The highest BCUT2D eigenvalue weighted by molar-refractivity contribution is 5.76. The summed E-state index contributed by atoms with van der Waals surface area (Å²) in [4.78, 5) is 14.8. The minimum atomic E-state index is 0.00919. The monoisotopic (exact) mass is 348 g/mol. The van der Waals surface area contributed by atoms with Crippen LogP contribution in [-0.4, -0.2) is 50.2 Å². The van der Waals surface area contributed by atoms with Crippen LogP contribution in [0.3, 0.4) is 0 Å². The first kappa shape index (κ1) is 19.6. The molecule has 5 heteroatoms. The second-order valence-corrected chi connectivity index (χ2v) is 7.36. The summed E-state index contributed by atoms with van der Waals surface area (Å²) in [6.45, 7) is 7.38. The molecule has 0 aliphatic carbocycles. The molecule has 25 heavy (non-hydrogen) atoms. The molecule has 2 rings (SSSR count). The maximum Gasteiger partial charge on any atom is 0.220 e. The van der Waals surface area contributed by atoms with E-state index in [9.17, 15) is 4.79 Å². The van der Waals surface area contributed by atoms with E-state index in [2.05, 4.69) is 24.1 Å². The molecular weight excluding hydrogens is 316 g/mol. The average molecular weight is 348 g/mol. The Balaban J connectivity index is 1.82. The summed E-state index contributed by atoms with van der Waals surface area (Å²) in [6.07, 6.45) is 4.98. The van der Waals surface area contributed by atoms with Gasteiger partial charge in [-0.3, -0.25) is 9.69 Å². The van der Waals surface area contributed by atoms with Gasteiger partial charge in [-0.1, -0.05) is 6.42 Å². The predicted octanol–water partition coefficient (Wildman–Crippen LogP) is 3.02. The summed E-state index contributed by atoms with van der Waals surface area (Å²) >= 11 is 0. The molecule has 1 fully saturated rings. The highest BCUT2D eigenvalue weighted by Crippen LogP contribution is 2.23. The first-order valence-electron chi connectivity index (χ1n) is 9.18. The quantitative estimate of drug-likeness (QED) is 0.785. The fourth-order valence-electron chi connectivity index (χ4n) is 3.28. The van der Waals surface area contributed by atoms with Gasteiger partial charge in [-0.2, -0.15) is 0 Å². The molecule has 0 unspecified atom stereocenters. The molecule has 0 saturated carbocycles. The predicted molar refractivity (Wildman–Crippen MR) is 100 cm³/mol. The van der Waals surface area contributed by atoms with E-state index < -0.39 is 0 Å². The Morgan fingerprint density at radius 3 is 2.24 bits per heavy atom. The van der Waals surface area contributed by atoms with Gasteiger partial charge < -0.3 is 14.8 Å². The van der Waals surface area contributed by atoms with Gasteiger partial charge in [0.1, 0.15) is 11.5 Å². The highest BCUT2D eigenvalue weighted by Gasteiger charge is 2.28. The van der Waals surface area contributed by atoms with Gasteiger partial charge in [0, 0.05) is 24.6 Å². The van der Waals surface area contributed by atoms with Gasteiger partial charge in [0.15, 0.2) is 0 Å². The van der Waals surface area contributed by atoms with E-state index in [0.717, 1.165) is 30.2 Å². The minimum absolute atomic E-state index is 0.00919. The molecule has 0 radical (unpaired) electrons. The van der Waals surface area contributed by atoms with Crippen LogP contribution < -0.4 is 14.8 Å². The lowest BCUT2D eigenvalue weighted by Gasteiger charge is -2.41. The summed E-state index contributed by atoms with van der Waals surface area (Å²) in [5.74, 6) is 1.59. The van der Waals surface area contributed by atoms with Crippen LogP contribution in [0.4, 0.5) is 0 Å². The SMILES string of the molecule is COc1cc(CCC(=O)NCC(C)(C)N2CCCCC2)cc(OC)c1. The molecular formula is C20H32N2O3. The Morgan fingerprint density at radius 1 is 1.08 bits per heavy atom. The van der Waals surface area contributed by atoms with Crippen molar-refractivity contribution in [2.45, 2.75) is 51.5 Å². The van der Waals surface area contributed by atoms with Crippen LogP contribution in [-0.2, 0) is 11.2 Å². The summed E-state index contributed by atoms with van der Waals surface area (Å²) in [5.41, 5.74) is 1.05. The molecule has 5 nitrogen and oxygen atoms in total. The molecule has 0 aromatic heterocycles. The maximum atomic E-state index is 12.3. The first-order valence-corrected chi connectivity index (χ1v) is 9.18. The summed E-state index contributed by atoms with van der Waals surface area (Å²) in [6, 6.07) is 5.74. The molecule has 1 N–H and O–H groups in total. The number of nitrogens with zero attached hydrogens (tertiary/aromatic N) is 1. The zero-order valence-electron chi connectivity index (χ0n) is 16.1. The van der Waals surface area contributed by atoms with Crippen molar-refractivity contribution in [3.05, 3.63) is 23.8 Å². The van der Waals surface area contributed by atoms with E-state index in [1.165, 1.54) is 19.3 Å². The molecule has 1 aromatic rings. The topological polar surface area (TPSA) is 50.8 Å². The summed E-state index contributed by atoms with van der Waals surface area (Å²) < 4.78 is 10.6. The van der Waals surface area contributed by atoms with Gasteiger partial charge in [-0.05, 0) is 63.9 Å². The lowest BCUT2D eigenvalue weighted by molar-refractivity contribution is -0.121. The number of carbonyl (C=O) groups is 1. The molecule has 1 heterocycles. The van der Waals surface area contributed by atoms with Gasteiger partial charge >= 0.3 is 0 Å². The molecule has 1 amide bonds. The van der Waals surface area contributed by atoms with E-state index in [4.69, 9.17) is 9.47 Å². The van der Waals surface area contributed by atoms with E-state index in [1.807, 2.05) is 18.2 Å². The third-order valence-electron chi connectivity index (χ3n) is 4.98. The number of piperidine rings is 1. The number of carbonyl (C=O) groups excluding carboxylic acids is 1. The number of hydrogen-bond donors (Lipinski definition) is 1. The van der Waals surface area contributed by atoms with Gasteiger partial charge in [0.05, 0.1) is 14.2 Å². The Morgan fingerprint density at radius 2 is 1.68 bits per heavy atom. The maximum absolute atomic E-state index is 12.3. The van der Waals surface area contributed by atoms with Crippen molar-refractivity contribution >= 4 is 5.91 Å². The Bertz CT molecular complexity index is 544. The number of ether oxygens (including phenoxy) is 2. The van der Waals surface area contributed by atoms with Gasteiger partial charge in [0.2, 0.25) is 5.91 Å². The van der Waals surface area contributed by atoms with Crippen LogP contribution in [0.1, 0.15) is 45.1 Å². The van der Waals surface area contributed by atoms with Crippen molar-refractivity contribution < 1.29 is 14.3 Å². The van der Waals surface area contributed by atoms with Crippen molar-refractivity contribution in [3.63, 3.8) is 0 Å². The fourth-order valence-corrected chi connectivity index (χ4v) is 3.28. The second kappa shape index (κ2) is 9.09. The standard InChI is InChI=1S/C20H32N2O3/c1-20(2,22-10-6-5-7-11-22)15-21-19(23)9-8-16-12-17(24-3)14-18(13-16)25-4/h12-14H,5-11,15H2,1-4H3,(H,21,23). The van der Waals surface area contributed by atoms with Crippen LogP contribution >= 0.6 is 0 Å². The number of benzene rings is 1. The highest BCUT2D eigenvalue weighted by atomic mass is 16.5. The zero-order chi connectivity index (χ0) is 18.3. The lowest BCUT2D eigenvalue weighted by atomic mass is 9.98. The molecule has 140 valence electrons. The summed E-state index contributed by atoms with van der Waals surface area (Å²) in [7, 11) is 3.27. The zero-order valence-corrected chi connectivity index (χ0v) is 16.1. The molecule has 0 atom stereocenters. The normalized spacial score (nSPS) is 15.7. The molecule has 1 aliphatic heterocycles. The molecule has 1 aliphatic rings. The number of hydrogen-bond acceptors (Lipinski definition) is 4. The number of amides is 1. The van der Waals surface area contributed by atoms with E-state index in [-0.39, 0.29) is 11.4 Å². The number of nitrogens with one attached hydrogen (secondary N) is 1. The number of likely N-dealkylation sites (tertiary alicyclic amines) is 1. The molecule has 1 aromatic carbocycles. The van der Waals surface area contributed by atoms with Gasteiger partial charge in [-0.25, -0.2) is 0 Å². The van der Waals surface area contributed by atoms with Crippen molar-refractivity contribution in [2.24, 2.45) is 0 Å². The lowest BCUT2D eigenvalue weighted by Crippen LogP contribution is -2.53. The Hall–Kier alpha value is -1.75. The molecule has 0 spiro atoms. The Labute approximate surface area is 151 Å². The smallest absolute Gasteiger partial charge is 0.220 e. The minimum Gasteiger partial charge on any atom is -0.497 e. The van der Waals surface area contributed by atoms with Crippen LogP contribution in [0.2, 0.25) is 0 Å². The third kappa shape index (κ3) is 5.92. The van der Waals surface area contributed by atoms with Crippen LogP contribution in [0.15, 0.2) is 18.2 Å². The van der Waals surface area contributed by atoms with E-state index >= 15 is 0 Å². The van der Waals surface area contributed by atoms with Gasteiger partial charge in [0.25, 0.3) is 0 Å². The van der Waals surface area contributed by atoms with Crippen molar-refractivity contribution in [1.29, 1.82) is 0 Å². The van der Waals surface area contributed by atoms with E-state index in [1.54, 1.807) is 14.2 Å². The van der Waals surface area contributed by atoms with Crippen LogP contribution in [0.5, 0.6) is 11.5 Å². The van der Waals surface area contributed by atoms with Crippen molar-refractivity contribution in [2.75, 3.05) is 33.9 Å². The second-order valence-electron chi connectivity index (χ2n) is 7.36. The molecule has 1 saturated heterocycles. The summed E-state index contributed by atoms with van der Waals surface area (Å²) in [5, 5.41) is 3.10. The fraction of sp³-hybridized carbons (Fsp3) is 0.650. The largest absolute Gasteiger partial charge is 0.497 e. The number of methoxy groups -OCH3 is 2. The van der Waals surface area contributed by atoms with Crippen LogP contribution in [0, 0.1) is 0 Å². The van der Waals surface area contributed by atoms with Crippen molar-refractivity contribution in [3.8, 4) is 11.5 Å². The Kier molecular flexibility index (Phi) is 7.12. The van der Waals surface area contributed by atoms with Crippen LogP contribution in [0.25, 0.3) is 0 Å².